The fourth-order valence-electron chi connectivity index (χ4n) is 1.98. The SMILES string of the molecule is Cc1ccc(Oc2ccc(N)c3cccnc23)cc1. The molecule has 0 radical (unpaired) electrons. The highest BCUT2D eigenvalue weighted by Gasteiger charge is 2.06. The fraction of sp³-hybridized carbons (Fsp3) is 0.0625. The molecule has 0 bridgehead atoms. The molecule has 0 aliphatic rings. The number of nitrogens with zero attached hydrogens (tertiary/aromatic N) is 1. The lowest BCUT2D eigenvalue weighted by Crippen LogP contribution is -1.92. The summed E-state index contributed by atoms with van der Waals surface area (Å²) >= 11 is 0. The predicted octanol–water partition coefficient (Wildman–Crippen LogP) is 3.92. The van der Waals surface area contributed by atoms with E-state index in [0.29, 0.717) is 11.4 Å². The highest BCUT2D eigenvalue weighted by molar-refractivity contribution is 5.94. The van der Waals surface area contributed by atoms with E-state index in [1.807, 2.05) is 55.5 Å². The maximum Gasteiger partial charge on any atom is 0.153 e. The fourth-order valence-corrected chi connectivity index (χ4v) is 1.98. The Hall–Kier alpha value is -2.55. The van der Waals surface area contributed by atoms with Crippen LogP contribution in [-0.4, -0.2) is 4.98 Å². The molecule has 0 fully saturated rings. The van der Waals surface area contributed by atoms with Crippen LogP contribution in [0.15, 0.2) is 54.7 Å². The maximum atomic E-state index is 5.94. The van der Waals surface area contributed by atoms with Crippen molar-refractivity contribution in [3.05, 3.63) is 60.3 Å². The van der Waals surface area contributed by atoms with E-state index in [-0.39, 0.29) is 0 Å². The number of nitrogen functional groups attached to an aromatic ring is 1. The van der Waals surface area contributed by atoms with Gasteiger partial charge in [0.15, 0.2) is 5.75 Å². The second-order valence-electron chi connectivity index (χ2n) is 4.47. The van der Waals surface area contributed by atoms with Gasteiger partial charge in [-0.2, -0.15) is 0 Å². The molecular formula is C16H14N2O. The van der Waals surface area contributed by atoms with Gasteiger partial charge in [0.1, 0.15) is 11.3 Å². The zero-order valence-corrected chi connectivity index (χ0v) is 10.6. The van der Waals surface area contributed by atoms with Crippen molar-refractivity contribution in [2.45, 2.75) is 6.92 Å². The van der Waals surface area contributed by atoms with Crippen LogP contribution in [0.5, 0.6) is 11.5 Å². The number of anilines is 1. The Morgan fingerprint density at radius 1 is 1.00 bits per heavy atom. The standard InChI is InChI=1S/C16H14N2O/c1-11-4-6-12(7-5-11)19-15-9-8-14(17)13-3-2-10-18-16(13)15/h2-10H,17H2,1H3. The molecule has 2 aromatic carbocycles. The summed E-state index contributed by atoms with van der Waals surface area (Å²) in [7, 11) is 0. The van der Waals surface area contributed by atoms with Crippen molar-refractivity contribution < 1.29 is 4.74 Å². The third-order valence-corrected chi connectivity index (χ3v) is 3.02. The summed E-state index contributed by atoms with van der Waals surface area (Å²) in [4.78, 5) is 4.35. The first-order valence-electron chi connectivity index (χ1n) is 6.12. The molecule has 3 aromatic rings. The number of hydrogen-bond donors (Lipinski definition) is 1. The first-order chi connectivity index (χ1) is 9.24. The van der Waals surface area contributed by atoms with Crippen LogP contribution in [0.3, 0.4) is 0 Å². The maximum absolute atomic E-state index is 5.94. The van der Waals surface area contributed by atoms with Crippen LogP contribution in [0.25, 0.3) is 10.9 Å². The molecule has 3 nitrogen and oxygen atoms in total. The van der Waals surface area contributed by atoms with Crippen LogP contribution in [0, 0.1) is 6.92 Å². The summed E-state index contributed by atoms with van der Waals surface area (Å²) in [5.41, 5.74) is 8.63. The summed E-state index contributed by atoms with van der Waals surface area (Å²) in [5, 5.41) is 0.909. The first-order valence-corrected chi connectivity index (χ1v) is 6.12. The molecule has 0 aliphatic heterocycles. The van der Waals surface area contributed by atoms with Gasteiger partial charge >= 0.3 is 0 Å². The van der Waals surface area contributed by atoms with E-state index in [1.54, 1.807) is 6.20 Å². The van der Waals surface area contributed by atoms with Gasteiger partial charge in [-0.05, 0) is 43.3 Å². The first kappa shape index (κ1) is 11.5. The Kier molecular flexibility index (Phi) is 2.80. The molecule has 1 heterocycles. The third-order valence-electron chi connectivity index (χ3n) is 3.02. The Morgan fingerprint density at radius 3 is 2.58 bits per heavy atom. The zero-order valence-electron chi connectivity index (χ0n) is 10.6. The van der Waals surface area contributed by atoms with Crippen LogP contribution in [0.2, 0.25) is 0 Å². The molecule has 1 aromatic heterocycles. The third kappa shape index (κ3) is 2.22. The average molecular weight is 250 g/mol. The molecule has 0 saturated carbocycles. The number of nitrogens with two attached hydrogens (primary N) is 1. The minimum atomic E-state index is 0.708. The predicted molar refractivity (Wildman–Crippen MR) is 77.4 cm³/mol. The zero-order chi connectivity index (χ0) is 13.2. The van der Waals surface area contributed by atoms with Gasteiger partial charge < -0.3 is 10.5 Å². The van der Waals surface area contributed by atoms with Crippen molar-refractivity contribution in [2.24, 2.45) is 0 Å². The lowest BCUT2D eigenvalue weighted by molar-refractivity contribution is 0.487. The highest BCUT2D eigenvalue weighted by Crippen LogP contribution is 2.31. The lowest BCUT2D eigenvalue weighted by atomic mass is 10.1. The van der Waals surface area contributed by atoms with Crippen LogP contribution in [0.4, 0.5) is 5.69 Å². The van der Waals surface area contributed by atoms with Gasteiger partial charge in [0.25, 0.3) is 0 Å². The van der Waals surface area contributed by atoms with E-state index in [0.717, 1.165) is 16.7 Å². The number of rotatable bonds is 2. The van der Waals surface area contributed by atoms with Crippen molar-refractivity contribution in [2.75, 3.05) is 5.73 Å². The van der Waals surface area contributed by atoms with Crippen LogP contribution >= 0.6 is 0 Å². The van der Waals surface area contributed by atoms with Gasteiger partial charge in [0.2, 0.25) is 0 Å². The molecule has 0 atom stereocenters. The summed E-state index contributed by atoms with van der Waals surface area (Å²) in [6, 6.07) is 15.4. The van der Waals surface area contributed by atoms with Crippen molar-refractivity contribution in [1.29, 1.82) is 0 Å². The number of aromatic nitrogens is 1. The topological polar surface area (TPSA) is 48.1 Å². The van der Waals surface area contributed by atoms with E-state index in [4.69, 9.17) is 10.5 Å². The molecule has 0 aliphatic carbocycles. The summed E-state index contributed by atoms with van der Waals surface area (Å²) < 4.78 is 5.88. The van der Waals surface area contributed by atoms with Crippen molar-refractivity contribution in [3.63, 3.8) is 0 Å². The second-order valence-corrected chi connectivity index (χ2v) is 4.47. The minimum Gasteiger partial charge on any atom is -0.455 e. The molecule has 19 heavy (non-hydrogen) atoms. The van der Waals surface area contributed by atoms with Crippen LogP contribution in [-0.2, 0) is 0 Å². The summed E-state index contributed by atoms with van der Waals surface area (Å²) in [6.45, 7) is 2.05. The molecule has 0 saturated heterocycles. The molecule has 0 amide bonds. The minimum absolute atomic E-state index is 0.708. The number of pyridine rings is 1. The molecule has 94 valence electrons. The molecular weight excluding hydrogens is 236 g/mol. The normalized spacial score (nSPS) is 10.6. The Morgan fingerprint density at radius 2 is 1.79 bits per heavy atom. The lowest BCUT2D eigenvalue weighted by Gasteiger charge is -2.09. The van der Waals surface area contributed by atoms with E-state index in [9.17, 15) is 0 Å². The smallest absolute Gasteiger partial charge is 0.153 e. The van der Waals surface area contributed by atoms with Crippen molar-refractivity contribution >= 4 is 16.6 Å². The van der Waals surface area contributed by atoms with Crippen molar-refractivity contribution in [1.82, 2.24) is 4.98 Å². The van der Waals surface area contributed by atoms with Gasteiger partial charge in [0, 0.05) is 17.3 Å². The van der Waals surface area contributed by atoms with Gasteiger partial charge in [0.05, 0.1) is 0 Å². The number of hydrogen-bond acceptors (Lipinski definition) is 3. The van der Waals surface area contributed by atoms with Gasteiger partial charge in [-0.3, -0.25) is 4.98 Å². The van der Waals surface area contributed by atoms with E-state index >= 15 is 0 Å². The quantitative estimate of drug-likeness (QED) is 0.701. The molecule has 2 N–H and O–H groups in total. The Balaban J connectivity index is 2.06. The Labute approximate surface area is 111 Å². The largest absolute Gasteiger partial charge is 0.455 e. The van der Waals surface area contributed by atoms with Crippen molar-refractivity contribution in [3.8, 4) is 11.5 Å². The van der Waals surface area contributed by atoms with Crippen LogP contribution < -0.4 is 10.5 Å². The van der Waals surface area contributed by atoms with Gasteiger partial charge in [-0.1, -0.05) is 17.7 Å². The number of fused-ring (bicyclic) bond motifs is 1. The Bertz CT molecular complexity index is 720. The van der Waals surface area contributed by atoms with Gasteiger partial charge in [-0.15, -0.1) is 0 Å². The van der Waals surface area contributed by atoms with E-state index in [2.05, 4.69) is 4.98 Å². The summed E-state index contributed by atoms with van der Waals surface area (Å²) in [5.74, 6) is 1.51. The molecule has 0 unspecified atom stereocenters. The highest BCUT2D eigenvalue weighted by atomic mass is 16.5. The number of benzene rings is 2. The monoisotopic (exact) mass is 250 g/mol. The molecule has 0 spiro atoms. The van der Waals surface area contributed by atoms with E-state index in [1.165, 1.54) is 5.56 Å². The van der Waals surface area contributed by atoms with Crippen LogP contribution in [0.1, 0.15) is 5.56 Å². The average Bonchev–Trinajstić information content (AvgIpc) is 2.45. The summed E-state index contributed by atoms with van der Waals surface area (Å²) in [6.07, 6.45) is 1.74. The molecule has 3 heteroatoms. The molecule has 3 rings (SSSR count). The van der Waals surface area contributed by atoms with Gasteiger partial charge in [-0.25, -0.2) is 0 Å². The second kappa shape index (κ2) is 4.61. The number of ether oxygens (including phenoxy) is 1. The number of aryl methyl sites for hydroxylation is 1. The van der Waals surface area contributed by atoms with E-state index < -0.39 is 0 Å².